The third-order valence-corrected chi connectivity index (χ3v) is 4.97. The molecule has 4 N–H and O–H groups in total. The van der Waals surface area contributed by atoms with E-state index >= 15 is 4.39 Å². The van der Waals surface area contributed by atoms with E-state index in [9.17, 15) is 9.59 Å². The van der Waals surface area contributed by atoms with Crippen molar-refractivity contribution < 1.29 is 14.0 Å². The number of aromatic nitrogens is 2. The zero-order valence-electron chi connectivity index (χ0n) is 18.6. The molecule has 0 radical (unpaired) electrons. The van der Waals surface area contributed by atoms with Gasteiger partial charge in [0, 0.05) is 53.6 Å². The molecule has 0 aliphatic heterocycles. The maximum absolute atomic E-state index is 15.8. The zero-order chi connectivity index (χ0) is 24.1. The Bertz CT molecular complexity index is 1360. The first-order valence-corrected chi connectivity index (χ1v) is 10.7. The van der Waals surface area contributed by atoms with Crippen LogP contribution in [0.1, 0.15) is 13.8 Å². The number of anilines is 4. The molecule has 0 unspecified atom stereocenters. The van der Waals surface area contributed by atoms with Crippen molar-refractivity contribution in [1.82, 2.24) is 15.3 Å². The van der Waals surface area contributed by atoms with Crippen molar-refractivity contribution in [3.63, 3.8) is 0 Å². The van der Waals surface area contributed by atoms with Gasteiger partial charge in [0.1, 0.15) is 11.6 Å². The summed E-state index contributed by atoms with van der Waals surface area (Å²) >= 11 is 0. The number of rotatable bonds is 6. The van der Waals surface area contributed by atoms with Crippen LogP contribution in [-0.4, -0.2) is 28.5 Å². The highest BCUT2D eigenvalue weighted by Gasteiger charge is 2.16. The normalized spacial score (nSPS) is 10.6. The highest BCUT2D eigenvalue weighted by Crippen LogP contribution is 2.37. The number of nitrogens with zero attached hydrogens (tertiary/aromatic N) is 2. The number of hydrogen-bond acceptors (Lipinski definition) is 5. The van der Waals surface area contributed by atoms with E-state index in [1.807, 2.05) is 6.07 Å². The number of amides is 3. The van der Waals surface area contributed by atoms with E-state index < -0.39 is 11.8 Å². The number of carbonyl (C=O) groups is 2. The van der Waals surface area contributed by atoms with Crippen molar-refractivity contribution in [1.29, 1.82) is 0 Å². The van der Waals surface area contributed by atoms with Gasteiger partial charge in [-0.15, -0.1) is 0 Å². The van der Waals surface area contributed by atoms with Gasteiger partial charge in [0.2, 0.25) is 5.91 Å². The highest BCUT2D eigenvalue weighted by atomic mass is 19.1. The third kappa shape index (κ3) is 5.09. The summed E-state index contributed by atoms with van der Waals surface area (Å²) in [5.74, 6) is -0.482. The van der Waals surface area contributed by atoms with Gasteiger partial charge in [-0.2, -0.15) is 0 Å². The molecule has 2 heterocycles. The molecule has 0 atom stereocenters. The predicted molar refractivity (Wildman–Crippen MR) is 132 cm³/mol. The van der Waals surface area contributed by atoms with Crippen LogP contribution < -0.4 is 21.3 Å². The molecule has 9 heteroatoms. The fourth-order valence-corrected chi connectivity index (χ4v) is 3.54. The van der Waals surface area contributed by atoms with Gasteiger partial charge in [-0.3, -0.25) is 15.1 Å². The first-order valence-electron chi connectivity index (χ1n) is 10.7. The monoisotopic (exact) mass is 458 g/mol. The minimum atomic E-state index is -0.479. The highest BCUT2D eigenvalue weighted by molar-refractivity contribution is 6.01. The molecule has 0 spiro atoms. The minimum Gasteiger partial charge on any atom is -0.354 e. The fraction of sp³-hybridized carbons (Fsp3) is 0.120. The lowest BCUT2D eigenvalue weighted by atomic mass is 9.99. The van der Waals surface area contributed by atoms with E-state index in [0.29, 0.717) is 34.4 Å². The molecule has 8 nitrogen and oxygen atoms in total. The molecule has 3 amide bonds. The molecule has 4 rings (SSSR count). The van der Waals surface area contributed by atoms with Crippen LogP contribution in [0.25, 0.3) is 21.9 Å². The summed E-state index contributed by atoms with van der Waals surface area (Å²) in [6, 6.07) is 13.3. The largest absolute Gasteiger partial charge is 0.354 e. The van der Waals surface area contributed by atoms with Gasteiger partial charge in [0.15, 0.2) is 0 Å². The summed E-state index contributed by atoms with van der Waals surface area (Å²) in [7, 11) is 0. The Hall–Kier alpha value is -4.53. The molecule has 2 aromatic carbocycles. The summed E-state index contributed by atoms with van der Waals surface area (Å²) < 4.78 is 15.8. The third-order valence-electron chi connectivity index (χ3n) is 4.97. The molecule has 4 aromatic rings. The molecule has 2 aromatic heterocycles. The van der Waals surface area contributed by atoms with Crippen LogP contribution in [0.4, 0.5) is 32.1 Å². The van der Waals surface area contributed by atoms with Crippen molar-refractivity contribution >= 4 is 45.6 Å². The zero-order valence-corrected chi connectivity index (χ0v) is 18.6. The molecule has 172 valence electrons. The number of hydrogen-bond donors (Lipinski definition) is 4. The maximum atomic E-state index is 15.8. The Labute approximate surface area is 195 Å². The van der Waals surface area contributed by atoms with Crippen molar-refractivity contribution in [3.8, 4) is 11.1 Å². The van der Waals surface area contributed by atoms with Gasteiger partial charge in [-0.1, -0.05) is 12.1 Å². The SMILES string of the molecule is CCNC(=O)Nc1cc2c(F)c(-c3cccc(NC(C)=O)c3)cc(Nc3cccnc3)c2cn1. The second-order valence-electron chi connectivity index (χ2n) is 7.51. The van der Waals surface area contributed by atoms with Gasteiger partial charge in [-0.05, 0) is 48.9 Å². The number of benzene rings is 2. The number of urea groups is 1. The topological polar surface area (TPSA) is 108 Å². The number of halogens is 1. The van der Waals surface area contributed by atoms with Gasteiger partial charge in [-0.25, -0.2) is 14.2 Å². The molecular formula is C25H23FN6O2. The first-order chi connectivity index (χ1) is 16.4. The number of fused-ring (bicyclic) bond motifs is 1. The number of nitrogens with one attached hydrogen (secondary N) is 4. The Morgan fingerprint density at radius 1 is 0.971 bits per heavy atom. The molecule has 0 aliphatic rings. The lowest BCUT2D eigenvalue weighted by Gasteiger charge is -2.15. The van der Waals surface area contributed by atoms with Crippen LogP contribution in [0, 0.1) is 5.82 Å². The van der Waals surface area contributed by atoms with Crippen molar-refractivity contribution in [2.45, 2.75) is 13.8 Å². The van der Waals surface area contributed by atoms with E-state index in [4.69, 9.17) is 0 Å². The van der Waals surface area contributed by atoms with Crippen LogP contribution in [0.3, 0.4) is 0 Å². The Morgan fingerprint density at radius 3 is 2.53 bits per heavy atom. The standard InChI is InChI=1S/C25H23FN6O2/c1-3-28-25(34)32-23-12-20-21(14-29-23)22(31-18-8-5-9-27-13-18)11-19(24(20)26)16-6-4-7-17(10-16)30-15(2)33/h4-14,31H,3H2,1-2H3,(H,30,33)(H2,28,29,32,34). The van der Waals surface area contributed by atoms with Crippen LogP contribution in [0.5, 0.6) is 0 Å². The molecule has 34 heavy (non-hydrogen) atoms. The fourth-order valence-electron chi connectivity index (χ4n) is 3.54. The Kier molecular flexibility index (Phi) is 6.63. The first kappa shape index (κ1) is 22.7. The van der Waals surface area contributed by atoms with E-state index in [1.165, 1.54) is 19.2 Å². The van der Waals surface area contributed by atoms with Crippen LogP contribution >= 0.6 is 0 Å². The molecule has 0 fully saturated rings. The van der Waals surface area contributed by atoms with Crippen LogP contribution in [-0.2, 0) is 4.79 Å². The van der Waals surface area contributed by atoms with Gasteiger partial charge < -0.3 is 16.0 Å². The van der Waals surface area contributed by atoms with Gasteiger partial charge >= 0.3 is 6.03 Å². The average molecular weight is 458 g/mol. The lowest BCUT2D eigenvalue weighted by Crippen LogP contribution is -2.28. The second kappa shape index (κ2) is 9.95. The van der Waals surface area contributed by atoms with Gasteiger partial charge in [0.05, 0.1) is 11.9 Å². The maximum Gasteiger partial charge on any atom is 0.320 e. The Morgan fingerprint density at radius 2 is 1.79 bits per heavy atom. The number of carbonyl (C=O) groups excluding carboxylic acids is 2. The van der Waals surface area contributed by atoms with Crippen molar-refractivity contribution in [3.05, 3.63) is 72.9 Å². The summed E-state index contributed by atoms with van der Waals surface area (Å²) in [4.78, 5) is 31.8. The quantitative estimate of drug-likeness (QED) is 0.314. The lowest BCUT2D eigenvalue weighted by molar-refractivity contribution is -0.114. The van der Waals surface area contributed by atoms with Crippen LogP contribution in [0.2, 0.25) is 0 Å². The number of pyridine rings is 2. The summed E-state index contributed by atoms with van der Waals surface area (Å²) in [6.07, 6.45) is 4.83. The molecular weight excluding hydrogens is 435 g/mol. The summed E-state index contributed by atoms with van der Waals surface area (Å²) in [6.45, 7) is 3.65. The van der Waals surface area contributed by atoms with E-state index in [-0.39, 0.29) is 17.1 Å². The predicted octanol–water partition coefficient (Wildman–Crippen LogP) is 5.28. The van der Waals surface area contributed by atoms with E-state index in [2.05, 4.69) is 31.2 Å². The molecule has 0 saturated carbocycles. The van der Waals surface area contributed by atoms with Crippen molar-refractivity contribution in [2.24, 2.45) is 0 Å². The summed E-state index contributed by atoms with van der Waals surface area (Å²) in [5, 5.41) is 12.0. The minimum absolute atomic E-state index is 0.217. The smallest absolute Gasteiger partial charge is 0.320 e. The average Bonchev–Trinajstić information content (AvgIpc) is 2.81. The molecule has 0 bridgehead atoms. The van der Waals surface area contributed by atoms with E-state index in [1.54, 1.807) is 55.7 Å². The van der Waals surface area contributed by atoms with Crippen molar-refractivity contribution in [2.75, 3.05) is 22.5 Å². The molecule has 0 saturated heterocycles. The Balaban J connectivity index is 1.86. The second-order valence-corrected chi connectivity index (χ2v) is 7.51. The van der Waals surface area contributed by atoms with Gasteiger partial charge in [0.25, 0.3) is 0 Å². The van der Waals surface area contributed by atoms with Crippen LogP contribution in [0.15, 0.2) is 67.1 Å². The van der Waals surface area contributed by atoms with E-state index in [0.717, 1.165) is 5.69 Å². The summed E-state index contributed by atoms with van der Waals surface area (Å²) in [5.41, 5.74) is 2.79. The molecule has 0 aliphatic carbocycles.